The summed E-state index contributed by atoms with van der Waals surface area (Å²) in [6, 6.07) is 15.0. The van der Waals surface area contributed by atoms with Crippen LogP contribution in [0.4, 0.5) is 5.69 Å². The van der Waals surface area contributed by atoms with Crippen molar-refractivity contribution in [3.8, 4) is 17.2 Å². The van der Waals surface area contributed by atoms with Crippen LogP contribution in [0, 0.1) is 0 Å². The lowest BCUT2D eigenvalue weighted by Gasteiger charge is -2.09. The van der Waals surface area contributed by atoms with Gasteiger partial charge in [-0.05, 0) is 48.0 Å². The summed E-state index contributed by atoms with van der Waals surface area (Å²) in [7, 11) is 1.49. The predicted molar refractivity (Wildman–Crippen MR) is 97.6 cm³/mol. The topological polar surface area (TPSA) is 81.0 Å². The van der Waals surface area contributed by atoms with Gasteiger partial charge in [0.2, 0.25) is 0 Å². The molecule has 0 radical (unpaired) electrons. The monoisotopic (exact) mass is 348 g/mol. The molecule has 0 saturated carbocycles. The molecule has 6 nitrogen and oxygen atoms in total. The van der Waals surface area contributed by atoms with Crippen molar-refractivity contribution >= 4 is 17.9 Å². The van der Waals surface area contributed by atoms with Crippen molar-refractivity contribution in [1.29, 1.82) is 0 Å². The van der Waals surface area contributed by atoms with Crippen LogP contribution in [0.1, 0.15) is 15.9 Å². The molecule has 1 heterocycles. The van der Waals surface area contributed by atoms with Crippen molar-refractivity contribution in [1.82, 2.24) is 4.98 Å². The number of phenols is 1. The van der Waals surface area contributed by atoms with E-state index in [4.69, 9.17) is 9.47 Å². The lowest BCUT2D eigenvalue weighted by molar-refractivity contribution is 0.0729. The van der Waals surface area contributed by atoms with E-state index in [1.54, 1.807) is 60.8 Å². The van der Waals surface area contributed by atoms with E-state index in [2.05, 4.69) is 9.98 Å². The fourth-order valence-electron chi connectivity index (χ4n) is 2.21. The molecule has 6 heteroatoms. The van der Waals surface area contributed by atoms with Gasteiger partial charge in [0.1, 0.15) is 11.4 Å². The number of aromatic nitrogens is 1. The molecule has 26 heavy (non-hydrogen) atoms. The molecule has 3 rings (SSSR count). The maximum atomic E-state index is 12.2. The number of hydrogen-bond acceptors (Lipinski definition) is 6. The Morgan fingerprint density at radius 3 is 2.58 bits per heavy atom. The second-order valence-electron chi connectivity index (χ2n) is 5.28. The minimum Gasteiger partial charge on any atom is -0.506 e. The predicted octanol–water partition coefficient (Wildman–Crippen LogP) is 3.77. The van der Waals surface area contributed by atoms with Crippen LogP contribution in [-0.4, -0.2) is 29.4 Å². The summed E-state index contributed by atoms with van der Waals surface area (Å²) in [6.45, 7) is 0. The Morgan fingerprint density at radius 1 is 1.08 bits per heavy atom. The Balaban J connectivity index is 1.80. The van der Waals surface area contributed by atoms with Crippen molar-refractivity contribution in [2.75, 3.05) is 7.11 Å². The van der Waals surface area contributed by atoms with Gasteiger partial charge in [0.05, 0.1) is 12.7 Å². The van der Waals surface area contributed by atoms with Gasteiger partial charge in [-0.15, -0.1) is 0 Å². The smallest absolute Gasteiger partial charge is 0.343 e. The first kappa shape index (κ1) is 17.2. The highest BCUT2D eigenvalue weighted by Gasteiger charge is 2.12. The maximum absolute atomic E-state index is 12.2. The zero-order valence-corrected chi connectivity index (χ0v) is 14.0. The van der Waals surface area contributed by atoms with Crippen LogP contribution in [-0.2, 0) is 0 Å². The number of phenolic OH excluding ortho intramolecular Hbond substituents is 1. The zero-order valence-electron chi connectivity index (χ0n) is 14.0. The van der Waals surface area contributed by atoms with Crippen LogP contribution in [0.15, 0.2) is 72.0 Å². The number of nitrogens with zero attached hydrogens (tertiary/aromatic N) is 2. The van der Waals surface area contributed by atoms with E-state index >= 15 is 0 Å². The van der Waals surface area contributed by atoms with Gasteiger partial charge in [0, 0.05) is 18.6 Å². The van der Waals surface area contributed by atoms with Crippen LogP contribution in [0.3, 0.4) is 0 Å². The molecule has 0 aliphatic heterocycles. The summed E-state index contributed by atoms with van der Waals surface area (Å²) in [5.41, 5.74) is 1.58. The Bertz CT molecular complexity index is 940. The van der Waals surface area contributed by atoms with E-state index in [1.807, 2.05) is 0 Å². The van der Waals surface area contributed by atoms with E-state index < -0.39 is 5.97 Å². The van der Waals surface area contributed by atoms with Crippen LogP contribution < -0.4 is 9.47 Å². The minimum atomic E-state index is -0.499. The van der Waals surface area contributed by atoms with E-state index in [-0.39, 0.29) is 5.75 Å². The van der Waals surface area contributed by atoms with Crippen LogP contribution >= 0.6 is 0 Å². The number of aliphatic imine (C=N–C) groups is 1. The number of para-hydroxylation sites is 2. The Hall–Kier alpha value is -3.67. The number of carbonyl (C=O) groups excluding carboxylic acids is 1. The average molecular weight is 348 g/mol. The van der Waals surface area contributed by atoms with Crippen LogP contribution in [0.2, 0.25) is 0 Å². The van der Waals surface area contributed by atoms with Gasteiger partial charge in [0.15, 0.2) is 11.5 Å². The van der Waals surface area contributed by atoms with Crippen molar-refractivity contribution in [2.24, 2.45) is 4.99 Å². The van der Waals surface area contributed by atoms with Crippen molar-refractivity contribution < 1.29 is 19.4 Å². The number of esters is 1. The lowest BCUT2D eigenvalue weighted by atomic mass is 10.2. The third kappa shape index (κ3) is 4.05. The van der Waals surface area contributed by atoms with Crippen LogP contribution in [0.5, 0.6) is 17.2 Å². The number of aromatic hydroxyl groups is 1. The Labute approximate surface area is 150 Å². The third-order valence-electron chi connectivity index (χ3n) is 3.54. The molecule has 0 atom stereocenters. The van der Waals surface area contributed by atoms with Crippen molar-refractivity contribution in [3.05, 3.63) is 78.1 Å². The first-order valence-corrected chi connectivity index (χ1v) is 7.79. The summed E-state index contributed by atoms with van der Waals surface area (Å²) in [4.78, 5) is 20.3. The van der Waals surface area contributed by atoms with Gasteiger partial charge in [-0.1, -0.05) is 12.1 Å². The molecule has 0 aliphatic carbocycles. The molecule has 130 valence electrons. The van der Waals surface area contributed by atoms with E-state index in [0.717, 1.165) is 5.56 Å². The third-order valence-corrected chi connectivity index (χ3v) is 3.54. The molecular weight excluding hydrogens is 332 g/mol. The fraction of sp³-hybridized carbons (Fsp3) is 0.0500. The zero-order chi connectivity index (χ0) is 18.4. The lowest BCUT2D eigenvalue weighted by Crippen LogP contribution is -2.09. The first-order chi connectivity index (χ1) is 12.7. The first-order valence-electron chi connectivity index (χ1n) is 7.79. The van der Waals surface area contributed by atoms with E-state index in [1.165, 1.54) is 19.5 Å². The number of methoxy groups -OCH3 is 1. The summed E-state index contributed by atoms with van der Waals surface area (Å²) >= 11 is 0. The molecule has 0 amide bonds. The number of hydrogen-bond donors (Lipinski definition) is 1. The molecule has 1 aromatic heterocycles. The normalized spacial score (nSPS) is 10.7. The standard InChI is InChI=1S/C20H16N2O4/c1-25-19-12-14(13-22-16-4-2-3-5-17(16)23)6-7-18(19)26-20(24)15-8-10-21-11-9-15/h2-13,23H,1H3. The van der Waals surface area contributed by atoms with E-state index in [9.17, 15) is 9.90 Å². The number of rotatable bonds is 5. The second kappa shape index (κ2) is 7.94. The summed E-state index contributed by atoms with van der Waals surface area (Å²) in [6.07, 6.45) is 4.63. The molecule has 1 N–H and O–H groups in total. The number of benzene rings is 2. The van der Waals surface area contributed by atoms with Gasteiger partial charge in [-0.2, -0.15) is 0 Å². The van der Waals surface area contributed by atoms with Crippen molar-refractivity contribution in [3.63, 3.8) is 0 Å². The second-order valence-corrected chi connectivity index (χ2v) is 5.28. The molecule has 0 saturated heterocycles. The van der Waals surface area contributed by atoms with E-state index in [0.29, 0.717) is 22.7 Å². The molecular formula is C20H16N2O4. The highest BCUT2D eigenvalue weighted by Crippen LogP contribution is 2.29. The van der Waals surface area contributed by atoms with Crippen molar-refractivity contribution in [2.45, 2.75) is 0 Å². The van der Waals surface area contributed by atoms with Crippen LogP contribution in [0.25, 0.3) is 0 Å². The maximum Gasteiger partial charge on any atom is 0.343 e. The van der Waals surface area contributed by atoms with Gasteiger partial charge >= 0.3 is 5.97 Å². The van der Waals surface area contributed by atoms with Gasteiger partial charge in [-0.25, -0.2) is 4.79 Å². The molecule has 0 spiro atoms. The van der Waals surface area contributed by atoms with Gasteiger partial charge in [0.25, 0.3) is 0 Å². The molecule has 3 aromatic rings. The Morgan fingerprint density at radius 2 is 1.85 bits per heavy atom. The number of ether oxygens (including phenoxy) is 2. The Kier molecular flexibility index (Phi) is 5.24. The SMILES string of the molecule is COc1cc(C=Nc2ccccc2O)ccc1OC(=O)c1ccncc1. The molecule has 0 unspecified atom stereocenters. The quantitative estimate of drug-likeness (QED) is 0.431. The average Bonchev–Trinajstić information content (AvgIpc) is 2.68. The highest BCUT2D eigenvalue weighted by atomic mass is 16.6. The highest BCUT2D eigenvalue weighted by molar-refractivity contribution is 5.91. The number of pyridine rings is 1. The summed E-state index contributed by atoms with van der Waals surface area (Å²) in [5.74, 6) is 0.294. The molecule has 0 bridgehead atoms. The summed E-state index contributed by atoms with van der Waals surface area (Å²) in [5, 5.41) is 9.74. The van der Waals surface area contributed by atoms with Gasteiger partial charge < -0.3 is 14.6 Å². The van der Waals surface area contributed by atoms with Gasteiger partial charge in [-0.3, -0.25) is 9.98 Å². The molecule has 0 fully saturated rings. The fourth-order valence-corrected chi connectivity index (χ4v) is 2.21. The largest absolute Gasteiger partial charge is 0.506 e. The minimum absolute atomic E-state index is 0.0959. The molecule has 2 aromatic carbocycles. The number of carbonyl (C=O) groups is 1. The summed E-state index contributed by atoms with van der Waals surface area (Å²) < 4.78 is 10.7. The molecule has 0 aliphatic rings.